The van der Waals surface area contributed by atoms with Crippen molar-refractivity contribution in [3.8, 4) is 0 Å². The molecule has 2 N–H and O–H groups in total. The molecule has 0 radical (unpaired) electrons. The van der Waals surface area contributed by atoms with Crippen LogP contribution in [0.1, 0.15) is 13.3 Å². The standard InChI is InChI=1S/C12H21N3O4/c1-9(16)13-3-4-14-12(18)10-7-11(17)15(8-10)5-6-19-2/h10H,3-8H2,1-2H3,(H,13,16)(H,14,18). The van der Waals surface area contributed by atoms with Crippen molar-refractivity contribution in [2.45, 2.75) is 13.3 Å². The highest BCUT2D eigenvalue weighted by molar-refractivity contribution is 5.89. The molecule has 1 aliphatic rings. The summed E-state index contributed by atoms with van der Waals surface area (Å²) in [6, 6.07) is 0. The predicted octanol–water partition coefficient (Wildman–Crippen LogP) is -1.27. The first-order valence-corrected chi connectivity index (χ1v) is 6.33. The van der Waals surface area contributed by atoms with E-state index < -0.39 is 0 Å². The lowest BCUT2D eigenvalue weighted by molar-refractivity contribution is -0.129. The van der Waals surface area contributed by atoms with E-state index >= 15 is 0 Å². The van der Waals surface area contributed by atoms with E-state index in [2.05, 4.69) is 10.6 Å². The Balaban J connectivity index is 2.26. The van der Waals surface area contributed by atoms with Crippen LogP contribution in [0.3, 0.4) is 0 Å². The summed E-state index contributed by atoms with van der Waals surface area (Å²) < 4.78 is 4.92. The molecule has 0 saturated carbocycles. The molecule has 3 amide bonds. The van der Waals surface area contributed by atoms with Crippen LogP contribution in [0.2, 0.25) is 0 Å². The Morgan fingerprint density at radius 2 is 2.05 bits per heavy atom. The number of nitrogens with one attached hydrogen (secondary N) is 2. The summed E-state index contributed by atoms with van der Waals surface area (Å²) in [5.41, 5.74) is 0. The number of carbonyl (C=O) groups is 3. The van der Waals surface area contributed by atoms with Crippen molar-refractivity contribution in [1.82, 2.24) is 15.5 Å². The maximum absolute atomic E-state index is 11.8. The molecule has 1 saturated heterocycles. The van der Waals surface area contributed by atoms with Crippen LogP contribution in [0.5, 0.6) is 0 Å². The lowest BCUT2D eigenvalue weighted by atomic mass is 10.1. The number of hydrogen-bond donors (Lipinski definition) is 2. The highest BCUT2D eigenvalue weighted by atomic mass is 16.5. The molecule has 0 aliphatic carbocycles. The van der Waals surface area contributed by atoms with Crippen LogP contribution in [0.4, 0.5) is 0 Å². The van der Waals surface area contributed by atoms with Gasteiger partial charge in [-0.2, -0.15) is 0 Å². The molecule has 1 heterocycles. The Bertz CT molecular complexity index is 346. The van der Waals surface area contributed by atoms with Crippen molar-refractivity contribution >= 4 is 17.7 Å². The summed E-state index contributed by atoms with van der Waals surface area (Å²) in [5.74, 6) is -0.588. The van der Waals surface area contributed by atoms with Gasteiger partial charge in [-0.05, 0) is 0 Å². The Labute approximate surface area is 112 Å². The quantitative estimate of drug-likeness (QED) is 0.565. The van der Waals surface area contributed by atoms with Crippen molar-refractivity contribution in [2.24, 2.45) is 5.92 Å². The molecule has 19 heavy (non-hydrogen) atoms. The fraction of sp³-hybridized carbons (Fsp3) is 0.750. The molecule has 0 aromatic carbocycles. The van der Waals surface area contributed by atoms with Gasteiger partial charge >= 0.3 is 0 Å². The first kappa shape index (κ1) is 15.4. The molecule has 0 bridgehead atoms. The van der Waals surface area contributed by atoms with Crippen LogP contribution in [-0.2, 0) is 19.1 Å². The zero-order valence-corrected chi connectivity index (χ0v) is 11.4. The lowest BCUT2D eigenvalue weighted by Crippen LogP contribution is -2.38. The zero-order valence-electron chi connectivity index (χ0n) is 11.4. The molecule has 1 aliphatic heterocycles. The second-order valence-electron chi connectivity index (χ2n) is 4.51. The summed E-state index contributed by atoms with van der Waals surface area (Å²) in [4.78, 5) is 35.8. The van der Waals surface area contributed by atoms with Crippen molar-refractivity contribution in [1.29, 1.82) is 0 Å². The van der Waals surface area contributed by atoms with Crippen LogP contribution >= 0.6 is 0 Å². The van der Waals surface area contributed by atoms with E-state index in [1.807, 2.05) is 0 Å². The van der Waals surface area contributed by atoms with Gasteiger partial charge in [-0.15, -0.1) is 0 Å². The van der Waals surface area contributed by atoms with Gasteiger partial charge < -0.3 is 20.3 Å². The third-order valence-corrected chi connectivity index (χ3v) is 2.95. The van der Waals surface area contributed by atoms with Gasteiger partial charge in [0.1, 0.15) is 0 Å². The van der Waals surface area contributed by atoms with Gasteiger partial charge in [0, 0.05) is 46.6 Å². The largest absolute Gasteiger partial charge is 0.383 e. The third-order valence-electron chi connectivity index (χ3n) is 2.95. The Morgan fingerprint density at radius 1 is 1.37 bits per heavy atom. The Morgan fingerprint density at radius 3 is 2.68 bits per heavy atom. The summed E-state index contributed by atoms with van der Waals surface area (Å²) in [6.07, 6.45) is 0.246. The number of carbonyl (C=O) groups excluding carboxylic acids is 3. The molecule has 0 spiro atoms. The minimum absolute atomic E-state index is 0.0148. The maximum Gasteiger partial charge on any atom is 0.225 e. The van der Waals surface area contributed by atoms with E-state index in [-0.39, 0.29) is 30.1 Å². The number of nitrogens with zero attached hydrogens (tertiary/aromatic N) is 1. The topological polar surface area (TPSA) is 87.7 Å². The average molecular weight is 271 g/mol. The van der Waals surface area contributed by atoms with Crippen LogP contribution in [0, 0.1) is 5.92 Å². The van der Waals surface area contributed by atoms with Crippen LogP contribution in [0.15, 0.2) is 0 Å². The second-order valence-corrected chi connectivity index (χ2v) is 4.51. The van der Waals surface area contributed by atoms with Crippen LogP contribution < -0.4 is 10.6 Å². The third kappa shape index (κ3) is 5.25. The average Bonchev–Trinajstić information content (AvgIpc) is 2.73. The Kier molecular flexibility index (Phi) is 6.27. The number of ether oxygens (including phenoxy) is 1. The van der Waals surface area contributed by atoms with E-state index in [9.17, 15) is 14.4 Å². The SMILES string of the molecule is COCCN1CC(C(=O)NCCNC(C)=O)CC1=O. The van der Waals surface area contributed by atoms with Crippen LogP contribution in [-0.4, -0.2) is 62.5 Å². The molecular weight excluding hydrogens is 250 g/mol. The molecule has 1 atom stereocenters. The smallest absolute Gasteiger partial charge is 0.225 e. The van der Waals surface area contributed by atoms with E-state index in [4.69, 9.17) is 4.74 Å². The number of amides is 3. The van der Waals surface area contributed by atoms with Crippen molar-refractivity contribution in [3.63, 3.8) is 0 Å². The number of hydrogen-bond acceptors (Lipinski definition) is 4. The maximum atomic E-state index is 11.8. The van der Waals surface area contributed by atoms with E-state index in [1.165, 1.54) is 6.92 Å². The Hall–Kier alpha value is -1.63. The van der Waals surface area contributed by atoms with Gasteiger partial charge in [-0.25, -0.2) is 0 Å². The minimum atomic E-state index is -0.304. The molecule has 7 heteroatoms. The van der Waals surface area contributed by atoms with E-state index in [0.717, 1.165) is 0 Å². The van der Waals surface area contributed by atoms with Gasteiger partial charge in [-0.1, -0.05) is 0 Å². The summed E-state index contributed by atoms with van der Waals surface area (Å²) >= 11 is 0. The van der Waals surface area contributed by atoms with E-state index in [1.54, 1.807) is 12.0 Å². The molecular formula is C12H21N3O4. The fourth-order valence-electron chi connectivity index (χ4n) is 1.93. The molecule has 0 aromatic heterocycles. The number of rotatable bonds is 7. The second kappa shape index (κ2) is 7.73. The first-order valence-electron chi connectivity index (χ1n) is 6.33. The summed E-state index contributed by atoms with van der Waals surface area (Å²) in [5, 5.41) is 5.30. The molecule has 1 fully saturated rings. The molecule has 7 nitrogen and oxygen atoms in total. The van der Waals surface area contributed by atoms with Crippen LogP contribution in [0.25, 0.3) is 0 Å². The van der Waals surface area contributed by atoms with Crippen molar-refractivity contribution < 1.29 is 19.1 Å². The van der Waals surface area contributed by atoms with Gasteiger partial charge in [0.15, 0.2) is 0 Å². The first-order chi connectivity index (χ1) is 9.04. The monoisotopic (exact) mass is 271 g/mol. The highest BCUT2D eigenvalue weighted by Crippen LogP contribution is 2.17. The van der Waals surface area contributed by atoms with E-state index in [0.29, 0.717) is 32.8 Å². The summed E-state index contributed by atoms with van der Waals surface area (Å²) in [6.45, 7) is 3.63. The molecule has 1 rings (SSSR count). The zero-order chi connectivity index (χ0) is 14.3. The van der Waals surface area contributed by atoms with Crippen molar-refractivity contribution in [3.05, 3.63) is 0 Å². The molecule has 1 unspecified atom stereocenters. The highest BCUT2D eigenvalue weighted by Gasteiger charge is 2.33. The number of likely N-dealkylation sites (tertiary alicyclic amines) is 1. The molecule has 108 valence electrons. The van der Waals surface area contributed by atoms with Gasteiger partial charge in [0.2, 0.25) is 17.7 Å². The van der Waals surface area contributed by atoms with Gasteiger partial charge in [0.05, 0.1) is 12.5 Å². The van der Waals surface area contributed by atoms with Gasteiger partial charge in [-0.3, -0.25) is 14.4 Å². The predicted molar refractivity (Wildman–Crippen MR) is 68.3 cm³/mol. The van der Waals surface area contributed by atoms with Crippen molar-refractivity contribution in [2.75, 3.05) is 39.9 Å². The summed E-state index contributed by atoms with van der Waals surface area (Å²) in [7, 11) is 1.58. The number of methoxy groups -OCH3 is 1. The normalized spacial score (nSPS) is 18.5. The lowest BCUT2D eigenvalue weighted by Gasteiger charge is -2.15. The minimum Gasteiger partial charge on any atom is -0.383 e. The van der Waals surface area contributed by atoms with Gasteiger partial charge in [0.25, 0.3) is 0 Å². The molecule has 0 aromatic rings. The fourth-order valence-corrected chi connectivity index (χ4v) is 1.93.